The molecule has 0 radical (unpaired) electrons. The van der Waals surface area contributed by atoms with Gasteiger partial charge in [-0.1, -0.05) is 30.4 Å². The summed E-state index contributed by atoms with van der Waals surface area (Å²) in [5.74, 6) is -0.323. The average Bonchev–Trinajstić information content (AvgIpc) is 3.15. The molecule has 3 aliphatic rings. The topological polar surface area (TPSA) is 106 Å². The lowest BCUT2D eigenvalue weighted by atomic mass is 10.0. The molecule has 9 heteroatoms. The lowest BCUT2D eigenvalue weighted by Gasteiger charge is -2.32. The molecule has 0 aliphatic carbocycles. The van der Waals surface area contributed by atoms with Gasteiger partial charge in [-0.25, -0.2) is 5.01 Å². The van der Waals surface area contributed by atoms with Crippen LogP contribution < -0.4 is 0 Å². The number of benzene rings is 2. The largest absolute Gasteiger partial charge is 0.336 e. The Morgan fingerprint density at radius 3 is 2.41 bits per heavy atom. The van der Waals surface area contributed by atoms with Crippen LogP contribution in [0.1, 0.15) is 39.9 Å². The van der Waals surface area contributed by atoms with Crippen LogP contribution in [0, 0.1) is 21.4 Å². The number of likely N-dealkylation sites (N-methyl/N-ethyl adjacent to an activating group) is 1. The number of amides is 1. The van der Waals surface area contributed by atoms with Crippen LogP contribution in [0.4, 0.5) is 5.69 Å². The lowest BCUT2D eigenvalue weighted by Crippen LogP contribution is -2.47. The third-order valence-corrected chi connectivity index (χ3v) is 6.77. The molecule has 0 bridgehead atoms. The molecule has 3 heterocycles. The van der Waals surface area contributed by atoms with Crippen LogP contribution in [0.25, 0.3) is 5.70 Å². The highest BCUT2D eigenvalue weighted by atomic mass is 16.6. The maximum absolute atomic E-state index is 13.1. The van der Waals surface area contributed by atoms with Crippen molar-refractivity contribution >= 4 is 23.0 Å². The molecule has 2 aromatic carbocycles. The summed E-state index contributed by atoms with van der Waals surface area (Å²) < 4.78 is 0. The first-order valence-electron chi connectivity index (χ1n) is 12.2. The number of nitro benzene ring substituents is 1. The van der Waals surface area contributed by atoms with Gasteiger partial charge < -0.3 is 9.80 Å². The van der Waals surface area contributed by atoms with Crippen molar-refractivity contribution in [3.8, 4) is 6.07 Å². The van der Waals surface area contributed by atoms with Crippen LogP contribution in [-0.2, 0) is 0 Å². The maximum Gasteiger partial charge on any atom is 0.282 e. The van der Waals surface area contributed by atoms with Crippen molar-refractivity contribution < 1.29 is 9.72 Å². The molecule has 0 N–H and O–H groups in total. The normalized spacial score (nSPS) is 17.7. The Balaban J connectivity index is 1.48. The number of nitrogens with zero attached hydrogens (tertiary/aromatic N) is 6. The van der Waals surface area contributed by atoms with Gasteiger partial charge in [0.1, 0.15) is 5.56 Å². The van der Waals surface area contributed by atoms with E-state index in [2.05, 4.69) is 23.1 Å². The summed E-state index contributed by atoms with van der Waals surface area (Å²) in [7, 11) is 1.99. The molecule has 0 spiro atoms. The van der Waals surface area contributed by atoms with Crippen molar-refractivity contribution in [2.24, 2.45) is 5.10 Å². The predicted molar refractivity (Wildman–Crippen MR) is 140 cm³/mol. The number of rotatable bonds is 4. The minimum atomic E-state index is -0.501. The van der Waals surface area contributed by atoms with Gasteiger partial charge in [0.25, 0.3) is 11.6 Å². The van der Waals surface area contributed by atoms with Crippen LogP contribution in [-0.4, -0.2) is 64.6 Å². The Bertz CT molecular complexity index is 1410. The highest BCUT2D eigenvalue weighted by Crippen LogP contribution is 2.32. The van der Waals surface area contributed by atoms with Crippen LogP contribution in [0.2, 0.25) is 0 Å². The number of nitriles is 1. The van der Waals surface area contributed by atoms with E-state index in [4.69, 9.17) is 10.4 Å². The third-order valence-electron chi connectivity index (χ3n) is 6.77. The van der Waals surface area contributed by atoms with E-state index in [1.165, 1.54) is 12.1 Å². The molecule has 1 fully saturated rings. The van der Waals surface area contributed by atoms with E-state index in [1.54, 1.807) is 23.1 Å². The molecule has 1 amide bonds. The fourth-order valence-corrected chi connectivity index (χ4v) is 4.63. The van der Waals surface area contributed by atoms with E-state index >= 15 is 0 Å². The molecule has 37 heavy (non-hydrogen) atoms. The molecular weight excluding hydrogens is 468 g/mol. The fourth-order valence-electron chi connectivity index (χ4n) is 4.63. The minimum Gasteiger partial charge on any atom is -0.336 e. The minimum absolute atomic E-state index is 0.0900. The van der Waals surface area contributed by atoms with Gasteiger partial charge in [-0.05, 0) is 55.8 Å². The molecule has 0 unspecified atom stereocenters. The molecule has 186 valence electrons. The third kappa shape index (κ3) is 4.92. The molecule has 2 aromatic rings. The summed E-state index contributed by atoms with van der Waals surface area (Å²) in [6, 6.07) is 14.2. The summed E-state index contributed by atoms with van der Waals surface area (Å²) in [4.78, 5) is 28.4. The van der Waals surface area contributed by atoms with Crippen LogP contribution in [0.3, 0.4) is 0 Å². The van der Waals surface area contributed by atoms with Crippen LogP contribution in [0.5, 0.6) is 0 Å². The number of nitro groups is 1. The van der Waals surface area contributed by atoms with Gasteiger partial charge in [0.2, 0.25) is 0 Å². The summed E-state index contributed by atoms with van der Waals surface area (Å²) in [6.07, 6.45) is 9.68. The Kier molecular flexibility index (Phi) is 6.66. The number of allylic oxidation sites excluding steroid dienone is 4. The van der Waals surface area contributed by atoms with E-state index in [0.29, 0.717) is 29.9 Å². The SMILES string of the molecule is CN1CCN(C(=O)c2ccc(C3=NN4C(=CCCC=C4c4ccc(C#N)cc4)C=C3)cc2[N+](=O)[O-])CC1. The highest BCUT2D eigenvalue weighted by Gasteiger charge is 2.28. The second-order valence-corrected chi connectivity index (χ2v) is 9.20. The Morgan fingerprint density at radius 2 is 1.70 bits per heavy atom. The van der Waals surface area contributed by atoms with Crippen molar-refractivity contribution in [2.75, 3.05) is 33.2 Å². The Hall–Kier alpha value is -4.55. The monoisotopic (exact) mass is 494 g/mol. The van der Waals surface area contributed by atoms with Crippen molar-refractivity contribution in [3.05, 3.63) is 105 Å². The lowest BCUT2D eigenvalue weighted by molar-refractivity contribution is -0.385. The molecule has 1 saturated heterocycles. The highest BCUT2D eigenvalue weighted by molar-refractivity contribution is 6.11. The number of carbonyl (C=O) groups excluding carboxylic acids is 1. The number of hydrogen-bond donors (Lipinski definition) is 0. The van der Waals surface area contributed by atoms with Crippen molar-refractivity contribution in [1.29, 1.82) is 5.26 Å². The van der Waals surface area contributed by atoms with Crippen LogP contribution in [0.15, 0.2) is 77.6 Å². The van der Waals surface area contributed by atoms with Crippen LogP contribution >= 0.6 is 0 Å². The van der Waals surface area contributed by atoms with E-state index in [0.717, 1.165) is 42.9 Å². The van der Waals surface area contributed by atoms with Crippen molar-refractivity contribution in [1.82, 2.24) is 14.8 Å². The zero-order valence-electron chi connectivity index (χ0n) is 20.5. The molecule has 0 saturated carbocycles. The summed E-state index contributed by atoms with van der Waals surface area (Å²) >= 11 is 0. The molecule has 9 nitrogen and oxygen atoms in total. The summed E-state index contributed by atoms with van der Waals surface area (Å²) in [5, 5.41) is 27.8. The van der Waals surface area contributed by atoms with Gasteiger partial charge in [-0.2, -0.15) is 10.4 Å². The number of piperazine rings is 1. The Labute approximate surface area is 215 Å². The average molecular weight is 495 g/mol. The second-order valence-electron chi connectivity index (χ2n) is 9.20. The van der Waals surface area contributed by atoms with Crippen molar-refractivity contribution in [2.45, 2.75) is 12.8 Å². The van der Waals surface area contributed by atoms with Gasteiger partial charge in [-0.15, -0.1) is 0 Å². The molecule has 3 aliphatic heterocycles. The van der Waals surface area contributed by atoms with Gasteiger partial charge in [0.15, 0.2) is 0 Å². The van der Waals surface area contributed by atoms with E-state index in [9.17, 15) is 14.9 Å². The summed E-state index contributed by atoms with van der Waals surface area (Å²) in [5.41, 5.74) is 4.27. The predicted octanol–water partition coefficient (Wildman–Crippen LogP) is 4.15. The zero-order chi connectivity index (χ0) is 25.9. The number of fused-ring (bicyclic) bond motifs is 1. The maximum atomic E-state index is 13.1. The number of carbonyl (C=O) groups is 1. The van der Waals surface area contributed by atoms with E-state index in [1.807, 2.05) is 36.3 Å². The Morgan fingerprint density at radius 1 is 1.00 bits per heavy atom. The standard InChI is InChI=1S/C28H26N6O3/c1-31-14-16-32(17-15-31)28(35)24-12-10-22(18-27(24)34(36)37)25-13-11-23-4-2-3-5-26(33(23)30-25)21-8-6-20(19-29)7-9-21/h4-13,18H,2-3,14-17H2,1H3. The second kappa shape index (κ2) is 10.2. The summed E-state index contributed by atoms with van der Waals surface area (Å²) in [6.45, 7) is 2.55. The smallest absolute Gasteiger partial charge is 0.282 e. The van der Waals surface area contributed by atoms with E-state index in [-0.39, 0.29) is 17.2 Å². The number of hydrazone groups is 1. The molecule has 5 rings (SSSR count). The quantitative estimate of drug-likeness (QED) is 0.467. The van der Waals surface area contributed by atoms with Gasteiger partial charge in [0, 0.05) is 37.8 Å². The van der Waals surface area contributed by atoms with E-state index < -0.39 is 4.92 Å². The van der Waals surface area contributed by atoms with Gasteiger partial charge >= 0.3 is 0 Å². The zero-order valence-corrected chi connectivity index (χ0v) is 20.5. The molecule has 0 atom stereocenters. The van der Waals surface area contributed by atoms with Gasteiger partial charge in [0.05, 0.1) is 33.7 Å². The first-order valence-corrected chi connectivity index (χ1v) is 12.2. The first-order chi connectivity index (χ1) is 17.9. The first kappa shape index (κ1) is 24.2. The van der Waals surface area contributed by atoms with Crippen molar-refractivity contribution in [3.63, 3.8) is 0 Å². The fraction of sp³-hybridized carbons (Fsp3) is 0.250. The molecular formula is C28H26N6O3. The van der Waals surface area contributed by atoms with Gasteiger partial charge in [-0.3, -0.25) is 14.9 Å². The molecule has 0 aromatic heterocycles. The number of hydrogen-bond acceptors (Lipinski definition) is 7.